The smallest absolute Gasteiger partial charge is 0.161 e. The molecule has 1 saturated carbocycles. The Morgan fingerprint density at radius 1 is 1.26 bits per heavy atom. The number of methoxy groups -OCH3 is 2. The first kappa shape index (κ1) is 14.2. The molecule has 1 aromatic carbocycles. The maximum absolute atomic E-state index is 5.37. The van der Waals surface area contributed by atoms with Crippen LogP contribution >= 0.6 is 0 Å². The van der Waals surface area contributed by atoms with Crippen molar-refractivity contribution in [1.82, 2.24) is 10.2 Å². The van der Waals surface area contributed by atoms with Crippen LogP contribution in [0.2, 0.25) is 0 Å². The highest BCUT2D eigenvalue weighted by Gasteiger charge is 2.27. The van der Waals surface area contributed by atoms with Gasteiger partial charge in [0.05, 0.1) is 14.2 Å². The molecule has 1 fully saturated rings. The summed E-state index contributed by atoms with van der Waals surface area (Å²) in [6, 6.07) is 7.21. The predicted octanol–water partition coefficient (Wildman–Crippen LogP) is 2.06. The summed E-state index contributed by atoms with van der Waals surface area (Å²) in [5.74, 6) is 1.56. The maximum atomic E-state index is 5.37. The third-order valence-electron chi connectivity index (χ3n) is 3.80. The van der Waals surface area contributed by atoms with Crippen LogP contribution in [0.5, 0.6) is 11.5 Å². The van der Waals surface area contributed by atoms with Crippen LogP contribution in [0.15, 0.2) is 18.2 Å². The van der Waals surface area contributed by atoms with E-state index in [4.69, 9.17) is 9.47 Å². The van der Waals surface area contributed by atoms with Crippen LogP contribution in [0.3, 0.4) is 0 Å². The van der Waals surface area contributed by atoms with Crippen molar-refractivity contribution >= 4 is 0 Å². The lowest BCUT2D eigenvalue weighted by Crippen LogP contribution is -2.32. The Morgan fingerprint density at radius 3 is 2.47 bits per heavy atom. The van der Waals surface area contributed by atoms with Crippen molar-refractivity contribution in [1.29, 1.82) is 0 Å². The molecule has 1 aliphatic rings. The molecule has 0 aromatic heterocycles. The van der Waals surface area contributed by atoms with E-state index in [0.29, 0.717) is 6.04 Å². The monoisotopic (exact) mass is 264 g/mol. The van der Waals surface area contributed by atoms with Gasteiger partial charge in [-0.2, -0.15) is 0 Å². The normalized spacial score (nSPS) is 16.5. The zero-order valence-corrected chi connectivity index (χ0v) is 12.3. The van der Waals surface area contributed by atoms with Gasteiger partial charge in [-0.3, -0.25) is 0 Å². The molecular formula is C15H24N2O2. The minimum atomic E-state index is 0.311. The number of rotatable bonds is 7. The van der Waals surface area contributed by atoms with Gasteiger partial charge >= 0.3 is 0 Å². The topological polar surface area (TPSA) is 33.7 Å². The maximum Gasteiger partial charge on any atom is 0.161 e. The number of ether oxygens (including phenoxy) is 2. The molecule has 4 heteroatoms. The number of nitrogens with one attached hydrogen (secondary N) is 1. The van der Waals surface area contributed by atoms with Crippen LogP contribution in [-0.2, 0) is 0 Å². The summed E-state index contributed by atoms with van der Waals surface area (Å²) >= 11 is 0. The van der Waals surface area contributed by atoms with E-state index >= 15 is 0 Å². The van der Waals surface area contributed by atoms with Gasteiger partial charge in [-0.15, -0.1) is 0 Å². The second-order valence-corrected chi connectivity index (χ2v) is 5.13. The van der Waals surface area contributed by atoms with Gasteiger partial charge in [0, 0.05) is 18.6 Å². The van der Waals surface area contributed by atoms with E-state index in [1.165, 1.54) is 18.4 Å². The van der Waals surface area contributed by atoms with E-state index in [0.717, 1.165) is 24.1 Å². The number of hydrogen-bond acceptors (Lipinski definition) is 4. The van der Waals surface area contributed by atoms with Gasteiger partial charge in [-0.05, 0) is 44.6 Å². The first-order chi connectivity index (χ1) is 9.19. The SMILES string of the molecule is CNC(CN(C)C1CC1)c1ccc(OC)c(OC)c1. The fourth-order valence-corrected chi connectivity index (χ4v) is 2.39. The molecular weight excluding hydrogens is 240 g/mol. The lowest BCUT2D eigenvalue weighted by atomic mass is 10.1. The third-order valence-corrected chi connectivity index (χ3v) is 3.80. The highest BCUT2D eigenvalue weighted by molar-refractivity contribution is 5.43. The van der Waals surface area contributed by atoms with Crippen LogP contribution in [0.4, 0.5) is 0 Å². The molecule has 106 valence electrons. The zero-order valence-electron chi connectivity index (χ0n) is 12.3. The van der Waals surface area contributed by atoms with Crippen molar-refractivity contribution in [2.75, 3.05) is 34.9 Å². The summed E-state index contributed by atoms with van der Waals surface area (Å²) in [6.45, 7) is 1.01. The van der Waals surface area contributed by atoms with Crippen molar-refractivity contribution in [3.63, 3.8) is 0 Å². The minimum Gasteiger partial charge on any atom is -0.493 e. The Bertz CT molecular complexity index is 419. The zero-order chi connectivity index (χ0) is 13.8. The van der Waals surface area contributed by atoms with Crippen molar-refractivity contribution in [3.8, 4) is 11.5 Å². The quantitative estimate of drug-likeness (QED) is 0.817. The number of likely N-dealkylation sites (N-methyl/N-ethyl adjacent to an activating group) is 2. The van der Waals surface area contributed by atoms with Crippen LogP contribution < -0.4 is 14.8 Å². The van der Waals surface area contributed by atoms with Gasteiger partial charge < -0.3 is 19.7 Å². The average Bonchev–Trinajstić information content (AvgIpc) is 3.28. The molecule has 4 nitrogen and oxygen atoms in total. The highest BCUT2D eigenvalue weighted by atomic mass is 16.5. The van der Waals surface area contributed by atoms with Gasteiger partial charge in [0.15, 0.2) is 11.5 Å². The van der Waals surface area contributed by atoms with E-state index in [1.54, 1.807) is 14.2 Å². The second-order valence-electron chi connectivity index (χ2n) is 5.13. The Morgan fingerprint density at radius 2 is 1.95 bits per heavy atom. The lowest BCUT2D eigenvalue weighted by Gasteiger charge is -2.24. The molecule has 0 heterocycles. The Labute approximate surface area is 115 Å². The lowest BCUT2D eigenvalue weighted by molar-refractivity contribution is 0.287. The Balaban J connectivity index is 2.12. The summed E-state index contributed by atoms with van der Waals surface area (Å²) in [6.07, 6.45) is 2.66. The molecule has 0 saturated heterocycles. The van der Waals surface area contributed by atoms with Crippen molar-refractivity contribution < 1.29 is 9.47 Å². The van der Waals surface area contributed by atoms with Gasteiger partial charge in [0.25, 0.3) is 0 Å². The predicted molar refractivity (Wildman–Crippen MR) is 77.0 cm³/mol. The van der Waals surface area contributed by atoms with Crippen LogP contribution in [-0.4, -0.2) is 45.8 Å². The van der Waals surface area contributed by atoms with Gasteiger partial charge in [-0.25, -0.2) is 0 Å². The molecule has 0 spiro atoms. The molecule has 1 atom stereocenters. The fourth-order valence-electron chi connectivity index (χ4n) is 2.39. The minimum absolute atomic E-state index is 0.311. The molecule has 2 rings (SSSR count). The van der Waals surface area contributed by atoms with Crippen molar-refractivity contribution in [2.45, 2.75) is 24.9 Å². The van der Waals surface area contributed by atoms with E-state index in [2.05, 4.69) is 29.4 Å². The van der Waals surface area contributed by atoms with E-state index in [1.807, 2.05) is 13.1 Å². The first-order valence-electron chi connectivity index (χ1n) is 6.79. The van der Waals surface area contributed by atoms with Crippen LogP contribution in [0, 0.1) is 0 Å². The molecule has 19 heavy (non-hydrogen) atoms. The van der Waals surface area contributed by atoms with E-state index < -0.39 is 0 Å². The largest absolute Gasteiger partial charge is 0.493 e. The Hall–Kier alpha value is -1.26. The van der Waals surface area contributed by atoms with Crippen LogP contribution in [0.25, 0.3) is 0 Å². The van der Waals surface area contributed by atoms with Gasteiger partial charge in [-0.1, -0.05) is 6.07 Å². The summed E-state index contributed by atoms with van der Waals surface area (Å²) in [4.78, 5) is 2.43. The average molecular weight is 264 g/mol. The molecule has 1 aromatic rings. The van der Waals surface area contributed by atoms with Crippen molar-refractivity contribution in [3.05, 3.63) is 23.8 Å². The fraction of sp³-hybridized carbons (Fsp3) is 0.600. The number of hydrogen-bond donors (Lipinski definition) is 1. The first-order valence-corrected chi connectivity index (χ1v) is 6.79. The summed E-state index contributed by atoms with van der Waals surface area (Å²) in [7, 11) is 7.53. The molecule has 1 unspecified atom stereocenters. The third kappa shape index (κ3) is 3.39. The van der Waals surface area contributed by atoms with E-state index in [9.17, 15) is 0 Å². The summed E-state index contributed by atoms with van der Waals surface area (Å²) in [5.41, 5.74) is 1.23. The molecule has 0 bridgehead atoms. The molecule has 0 amide bonds. The van der Waals surface area contributed by atoms with Gasteiger partial charge in [0.1, 0.15) is 0 Å². The van der Waals surface area contributed by atoms with Crippen LogP contribution in [0.1, 0.15) is 24.4 Å². The molecule has 1 N–H and O–H groups in total. The highest BCUT2D eigenvalue weighted by Crippen LogP contribution is 2.31. The van der Waals surface area contributed by atoms with E-state index in [-0.39, 0.29) is 0 Å². The van der Waals surface area contributed by atoms with Crippen molar-refractivity contribution in [2.24, 2.45) is 0 Å². The summed E-state index contributed by atoms with van der Waals surface area (Å²) < 4.78 is 10.6. The second kappa shape index (κ2) is 6.26. The molecule has 0 radical (unpaired) electrons. The number of nitrogens with zero attached hydrogens (tertiary/aromatic N) is 1. The van der Waals surface area contributed by atoms with Gasteiger partial charge in [0.2, 0.25) is 0 Å². The molecule has 0 aliphatic heterocycles. The Kier molecular flexibility index (Phi) is 4.66. The summed E-state index contributed by atoms with van der Waals surface area (Å²) in [5, 5.41) is 3.38. The number of benzene rings is 1. The molecule has 1 aliphatic carbocycles. The standard InChI is InChI=1S/C15H24N2O2/c1-16-13(10-17(2)12-6-7-12)11-5-8-14(18-3)15(9-11)19-4/h5,8-9,12-13,16H,6-7,10H2,1-4H3.